The highest BCUT2D eigenvalue weighted by molar-refractivity contribution is 5.98. The fourth-order valence-corrected chi connectivity index (χ4v) is 5.41. The number of carboxylic acids is 3. The Bertz CT molecular complexity index is 1270. The summed E-state index contributed by atoms with van der Waals surface area (Å²) >= 11 is 0. The molecule has 1 aliphatic heterocycles. The molecule has 0 radical (unpaired) electrons. The Kier molecular flexibility index (Phi) is 17.3. The third-order valence-corrected chi connectivity index (χ3v) is 8.72. The quantitative estimate of drug-likeness (QED) is 0.0771. The minimum atomic E-state index is -1.78. The highest BCUT2D eigenvalue weighted by Gasteiger charge is 2.41. The van der Waals surface area contributed by atoms with Crippen LogP contribution in [0.5, 0.6) is 0 Å². The van der Waals surface area contributed by atoms with E-state index in [0.717, 1.165) is 6.92 Å². The SMILES string of the molecule is CC[C@H](C)[C@H](NC(=O)[C@@H]1CCCN1C(=O)[C@@H](NC(=O)[C@@H](NC(=O)[C@H](CC(=O)O)NC(=O)[C@H](CC(=O)O)NC(C)=O)[C@@H](C)CC)C(C)C)C(=O)O. The van der Waals surface area contributed by atoms with Crippen LogP contribution in [-0.2, 0) is 43.2 Å². The molecule has 1 aliphatic rings. The largest absolute Gasteiger partial charge is 0.481 e. The summed E-state index contributed by atoms with van der Waals surface area (Å²) in [5.41, 5.74) is 0. The van der Waals surface area contributed by atoms with Crippen LogP contribution in [0.2, 0.25) is 0 Å². The molecule has 1 fully saturated rings. The first-order valence-electron chi connectivity index (χ1n) is 16.7. The molecule has 0 aromatic rings. The first-order chi connectivity index (χ1) is 23.2. The van der Waals surface area contributed by atoms with E-state index in [9.17, 15) is 53.4 Å². The molecule has 0 bridgehead atoms. The van der Waals surface area contributed by atoms with Gasteiger partial charge >= 0.3 is 17.9 Å². The van der Waals surface area contributed by atoms with Crippen molar-refractivity contribution in [1.82, 2.24) is 31.5 Å². The van der Waals surface area contributed by atoms with E-state index in [0.29, 0.717) is 19.3 Å². The van der Waals surface area contributed by atoms with Gasteiger partial charge in [-0.1, -0.05) is 54.4 Å². The van der Waals surface area contributed by atoms with Gasteiger partial charge in [0, 0.05) is 13.5 Å². The summed E-state index contributed by atoms with van der Waals surface area (Å²) in [7, 11) is 0. The molecule has 1 saturated heterocycles. The molecule has 0 aromatic carbocycles. The molecule has 0 aromatic heterocycles. The van der Waals surface area contributed by atoms with E-state index in [-0.39, 0.29) is 18.9 Å². The Morgan fingerprint density at radius 3 is 1.60 bits per heavy atom. The highest BCUT2D eigenvalue weighted by Crippen LogP contribution is 2.22. The lowest BCUT2D eigenvalue weighted by Crippen LogP contribution is -2.61. The van der Waals surface area contributed by atoms with Crippen LogP contribution in [-0.4, -0.2) is 116 Å². The van der Waals surface area contributed by atoms with Crippen molar-refractivity contribution in [2.45, 2.75) is 123 Å². The zero-order chi connectivity index (χ0) is 38.5. The topological polar surface area (TPSA) is 278 Å². The van der Waals surface area contributed by atoms with Gasteiger partial charge in [-0.05, 0) is 30.6 Å². The van der Waals surface area contributed by atoms with Crippen LogP contribution in [0.1, 0.15) is 87.0 Å². The Hall–Kier alpha value is -4.77. The Morgan fingerprint density at radius 1 is 0.660 bits per heavy atom. The monoisotopic (exact) mass is 712 g/mol. The minimum absolute atomic E-state index is 0.181. The van der Waals surface area contributed by atoms with Gasteiger partial charge in [0.1, 0.15) is 36.3 Å². The molecule has 282 valence electrons. The van der Waals surface area contributed by atoms with Gasteiger partial charge in [0.25, 0.3) is 0 Å². The highest BCUT2D eigenvalue weighted by atomic mass is 16.4. The zero-order valence-electron chi connectivity index (χ0n) is 29.6. The molecule has 1 rings (SSSR count). The minimum Gasteiger partial charge on any atom is -0.481 e. The van der Waals surface area contributed by atoms with Gasteiger partial charge in [-0.3, -0.25) is 38.4 Å². The van der Waals surface area contributed by atoms with Crippen LogP contribution in [0.3, 0.4) is 0 Å². The summed E-state index contributed by atoms with van der Waals surface area (Å²) < 4.78 is 0. The fraction of sp³-hybridized carbons (Fsp3) is 0.719. The molecule has 18 nitrogen and oxygen atoms in total. The number of rotatable bonds is 20. The molecule has 8 atom stereocenters. The number of hydrogen-bond acceptors (Lipinski definition) is 9. The van der Waals surface area contributed by atoms with E-state index in [4.69, 9.17) is 5.11 Å². The number of amides is 6. The van der Waals surface area contributed by atoms with E-state index in [1.165, 1.54) is 4.90 Å². The normalized spacial score (nSPS) is 18.3. The van der Waals surface area contributed by atoms with Crippen molar-refractivity contribution in [3.05, 3.63) is 0 Å². The number of carbonyl (C=O) groups is 9. The van der Waals surface area contributed by atoms with Gasteiger partial charge in [-0.25, -0.2) is 4.79 Å². The summed E-state index contributed by atoms with van der Waals surface area (Å²) in [5.74, 6) is -10.6. The summed E-state index contributed by atoms with van der Waals surface area (Å²) in [4.78, 5) is 114. The van der Waals surface area contributed by atoms with Crippen molar-refractivity contribution < 1.29 is 58.5 Å². The molecule has 8 N–H and O–H groups in total. The number of nitrogens with zero attached hydrogens (tertiary/aromatic N) is 1. The number of hydrogen-bond donors (Lipinski definition) is 8. The first-order valence-corrected chi connectivity index (χ1v) is 16.7. The maximum atomic E-state index is 13.8. The molecule has 6 amide bonds. The Balaban J connectivity index is 3.25. The predicted octanol–water partition coefficient (Wildman–Crippen LogP) is -0.796. The molecule has 1 heterocycles. The van der Waals surface area contributed by atoms with E-state index in [2.05, 4.69) is 26.6 Å². The average molecular weight is 713 g/mol. The van der Waals surface area contributed by atoms with Gasteiger partial charge < -0.3 is 46.8 Å². The Labute approximate surface area is 290 Å². The van der Waals surface area contributed by atoms with Crippen LogP contribution < -0.4 is 26.6 Å². The number of likely N-dealkylation sites (tertiary alicyclic amines) is 1. The zero-order valence-corrected chi connectivity index (χ0v) is 29.6. The van der Waals surface area contributed by atoms with E-state index in [1.54, 1.807) is 41.5 Å². The number of nitrogens with one attached hydrogen (secondary N) is 5. The Morgan fingerprint density at radius 2 is 1.14 bits per heavy atom. The summed E-state index contributed by atoms with van der Waals surface area (Å²) in [5, 5.41) is 40.1. The van der Waals surface area contributed by atoms with Gasteiger partial charge in [0.15, 0.2) is 0 Å². The standard InChI is InChI=1S/C32H52N6O12/c1-8-16(5)25(36-28(45)20(14-23(42)43)34-27(44)19(13-22(40)41)33-18(7)39)30(47)35-24(15(3)4)31(48)38-12-10-11-21(38)29(46)37-26(32(49)50)17(6)9-2/h15-17,19-21,24-26H,8-14H2,1-7H3,(H,33,39)(H,34,44)(H,35,47)(H,36,45)(H,37,46)(H,40,41)(H,42,43)(H,49,50)/t16-,17-,19-,20-,21-,24-,25-,26-/m0/s1. The summed E-state index contributed by atoms with van der Waals surface area (Å²) in [6.07, 6.45) is -0.231. The van der Waals surface area contributed by atoms with E-state index >= 15 is 0 Å². The van der Waals surface area contributed by atoms with Crippen molar-refractivity contribution >= 4 is 53.4 Å². The maximum Gasteiger partial charge on any atom is 0.326 e. The van der Waals surface area contributed by atoms with Crippen molar-refractivity contribution in [3.8, 4) is 0 Å². The third kappa shape index (κ3) is 12.9. The van der Waals surface area contributed by atoms with Gasteiger partial charge in [0.05, 0.1) is 12.8 Å². The molecule has 0 saturated carbocycles. The molecule has 0 aliphatic carbocycles. The summed E-state index contributed by atoms with van der Waals surface area (Å²) in [6.45, 7) is 11.4. The van der Waals surface area contributed by atoms with Crippen LogP contribution >= 0.6 is 0 Å². The second-order valence-corrected chi connectivity index (χ2v) is 13.0. The predicted molar refractivity (Wildman–Crippen MR) is 176 cm³/mol. The lowest BCUT2D eigenvalue weighted by atomic mass is 9.95. The van der Waals surface area contributed by atoms with Gasteiger partial charge in [0.2, 0.25) is 35.4 Å². The second-order valence-electron chi connectivity index (χ2n) is 13.0. The van der Waals surface area contributed by atoms with Crippen LogP contribution in [0.15, 0.2) is 0 Å². The molecule has 50 heavy (non-hydrogen) atoms. The lowest BCUT2D eigenvalue weighted by molar-refractivity contribution is -0.146. The first kappa shape index (κ1) is 43.3. The molecular weight excluding hydrogens is 660 g/mol. The number of carbonyl (C=O) groups excluding carboxylic acids is 6. The van der Waals surface area contributed by atoms with Crippen molar-refractivity contribution in [3.63, 3.8) is 0 Å². The van der Waals surface area contributed by atoms with Crippen LogP contribution in [0.25, 0.3) is 0 Å². The van der Waals surface area contributed by atoms with Crippen molar-refractivity contribution in [1.29, 1.82) is 0 Å². The average Bonchev–Trinajstić information content (AvgIpc) is 3.52. The fourth-order valence-electron chi connectivity index (χ4n) is 5.41. The van der Waals surface area contributed by atoms with E-state index < -0.39 is 114 Å². The third-order valence-electron chi connectivity index (χ3n) is 8.72. The van der Waals surface area contributed by atoms with Crippen LogP contribution in [0.4, 0.5) is 0 Å². The molecule has 0 spiro atoms. The number of carboxylic acid groups (broad SMARTS) is 3. The van der Waals surface area contributed by atoms with Crippen molar-refractivity contribution in [2.24, 2.45) is 17.8 Å². The lowest BCUT2D eigenvalue weighted by Gasteiger charge is -2.33. The smallest absolute Gasteiger partial charge is 0.326 e. The van der Waals surface area contributed by atoms with Gasteiger partial charge in [-0.15, -0.1) is 0 Å². The van der Waals surface area contributed by atoms with E-state index in [1.807, 2.05) is 0 Å². The molecule has 0 unspecified atom stereocenters. The summed E-state index contributed by atoms with van der Waals surface area (Å²) in [6, 6.07) is -8.03. The van der Waals surface area contributed by atoms with Crippen molar-refractivity contribution in [2.75, 3.05) is 6.54 Å². The van der Waals surface area contributed by atoms with Crippen LogP contribution in [0, 0.1) is 17.8 Å². The maximum absolute atomic E-state index is 13.8. The molecular formula is C32H52N6O12. The van der Waals surface area contributed by atoms with Gasteiger partial charge in [-0.2, -0.15) is 0 Å². The number of aliphatic carboxylic acids is 3. The second kappa shape index (κ2) is 20.0. The molecule has 18 heteroatoms.